The normalized spacial score (nSPS) is 25.0. The highest BCUT2D eigenvalue weighted by atomic mass is 28.4. The van der Waals surface area contributed by atoms with Gasteiger partial charge in [0, 0.05) is 38.9 Å². The molecule has 2 aliphatic rings. The molecule has 1 aliphatic heterocycles. The Morgan fingerprint density at radius 3 is 2.33 bits per heavy atom. The van der Waals surface area contributed by atoms with Gasteiger partial charge in [0.25, 0.3) is 0 Å². The number of allylic oxidation sites excluding steroid dienone is 1. The van der Waals surface area contributed by atoms with Gasteiger partial charge in [-0.2, -0.15) is 0 Å². The summed E-state index contributed by atoms with van der Waals surface area (Å²) < 4.78 is 29.5. The van der Waals surface area contributed by atoms with Crippen LogP contribution in [-0.2, 0) is 33.0 Å². The topological polar surface area (TPSA) is 80.3 Å². The zero-order valence-electron chi connectivity index (χ0n) is 22.2. The van der Waals surface area contributed by atoms with Gasteiger partial charge in [-0.25, -0.2) is 4.79 Å². The van der Waals surface area contributed by atoms with E-state index in [0.29, 0.717) is 25.0 Å². The fraction of sp³-hybridized carbons (Fsp3) is 0.760. The van der Waals surface area contributed by atoms with Crippen molar-refractivity contribution >= 4 is 20.1 Å². The molecule has 0 radical (unpaired) electrons. The molecule has 1 aliphatic carbocycles. The number of ether oxygens (including phenoxy) is 4. The van der Waals surface area contributed by atoms with Gasteiger partial charge in [-0.05, 0) is 51.4 Å². The minimum absolute atomic E-state index is 0.00950. The average molecular weight is 483 g/mol. The number of hydrogen-bond donors (Lipinski definition) is 0. The summed E-state index contributed by atoms with van der Waals surface area (Å²) in [6.45, 7) is 22.1. The molecule has 33 heavy (non-hydrogen) atoms. The Hall–Kier alpha value is -1.48. The van der Waals surface area contributed by atoms with Crippen molar-refractivity contribution in [1.29, 1.82) is 0 Å². The van der Waals surface area contributed by atoms with Crippen molar-refractivity contribution in [1.82, 2.24) is 0 Å². The van der Waals surface area contributed by atoms with Gasteiger partial charge in [0.2, 0.25) is 5.79 Å². The molecule has 8 heteroatoms. The van der Waals surface area contributed by atoms with Crippen LogP contribution in [0.1, 0.15) is 75.2 Å². The first-order chi connectivity index (χ1) is 15.0. The summed E-state index contributed by atoms with van der Waals surface area (Å²) in [5.41, 5.74) is 1.30. The van der Waals surface area contributed by atoms with Gasteiger partial charge in [-0.1, -0.05) is 20.8 Å². The highest BCUT2D eigenvalue weighted by Crippen LogP contribution is 2.41. The number of rotatable bonds is 8. The summed E-state index contributed by atoms with van der Waals surface area (Å²) in [5, 5.41) is 0.00950. The van der Waals surface area contributed by atoms with Gasteiger partial charge in [-0.3, -0.25) is 4.79 Å². The molecule has 0 aromatic rings. The minimum Gasteiger partial charge on any atom is -0.456 e. The zero-order valence-corrected chi connectivity index (χ0v) is 23.2. The van der Waals surface area contributed by atoms with Crippen LogP contribution in [0.3, 0.4) is 0 Å². The molecule has 2 rings (SSSR count). The maximum absolute atomic E-state index is 13.6. The van der Waals surface area contributed by atoms with E-state index in [0.717, 1.165) is 5.57 Å². The molecule has 0 N–H and O–H groups in total. The van der Waals surface area contributed by atoms with Gasteiger partial charge in [0.15, 0.2) is 20.4 Å². The predicted octanol–water partition coefficient (Wildman–Crippen LogP) is 5.41. The molecular weight excluding hydrogens is 440 g/mol. The summed E-state index contributed by atoms with van der Waals surface area (Å²) in [6, 6.07) is 0. The van der Waals surface area contributed by atoms with Crippen LogP contribution in [0.4, 0.5) is 0 Å². The van der Waals surface area contributed by atoms with Crippen LogP contribution in [-0.4, -0.2) is 51.0 Å². The summed E-state index contributed by atoms with van der Waals surface area (Å²) >= 11 is 0. The van der Waals surface area contributed by atoms with Crippen molar-refractivity contribution in [3.63, 3.8) is 0 Å². The van der Waals surface area contributed by atoms with E-state index in [4.69, 9.17) is 23.4 Å². The number of cyclic esters (lactones) is 1. The SMILES string of the molecule is CCOC(C)O[C@@H]1CC(C(=O)C2=C(C)OC(C)(C)OC2=O)=C(C)C(O[Si](C)(C)C(C)(C)C)C1. The number of esters is 1. The van der Waals surface area contributed by atoms with E-state index in [-0.39, 0.29) is 34.4 Å². The molecule has 2 unspecified atom stereocenters. The van der Waals surface area contributed by atoms with Gasteiger partial charge in [0.05, 0.1) is 12.2 Å². The summed E-state index contributed by atoms with van der Waals surface area (Å²) in [7, 11) is -2.13. The van der Waals surface area contributed by atoms with Crippen molar-refractivity contribution in [2.75, 3.05) is 6.61 Å². The van der Waals surface area contributed by atoms with Gasteiger partial charge in [-0.15, -0.1) is 0 Å². The van der Waals surface area contributed by atoms with Crippen molar-refractivity contribution in [2.45, 2.75) is 118 Å². The van der Waals surface area contributed by atoms with Crippen LogP contribution in [0.15, 0.2) is 22.5 Å². The fourth-order valence-corrected chi connectivity index (χ4v) is 5.27. The summed E-state index contributed by atoms with van der Waals surface area (Å²) in [6.07, 6.45) is 0.0241. The maximum atomic E-state index is 13.6. The predicted molar refractivity (Wildman–Crippen MR) is 129 cm³/mol. The number of carbonyl (C=O) groups excluding carboxylic acids is 2. The van der Waals surface area contributed by atoms with Crippen LogP contribution in [0.2, 0.25) is 18.1 Å². The first kappa shape index (κ1) is 27.8. The lowest BCUT2D eigenvalue weighted by Crippen LogP contribution is -2.47. The molecule has 0 aromatic heterocycles. The number of hydrogen-bond acceptors (Lipinski definition) is 7. The van der Waals surface area contributed by atoms with E-state index in [1.54, 1.807) is 20.8 Å². The van der Waals surface area contributed by atoms with E-state index in [2.05, 4.69) is 33.9 Å². The molecule has 0 bridgehead atoms. The molecule has 0 fully saturated rings. The first-order valence-electron chi connectivity index (χ1n) is 11.8. The molecule has 0 amide bonds. The van der Waals surface area contributed by atoms with Crippen LogP contribution < -0.4 is 0 Å². The Bertz CT molecular complexity index is 832. The quantitative estimate of drug-likeness (QED) is 0.198. The minimum atomic E-state index is -2.13. The van der Waals surface area contributed by atoms with E-state index in [1.807, 2.05) is 20.8 Å². The number of Topliss-reactive ketones (excluding diaryl/α,β-unsaturated/α-hetero) is 1. The Kier molecular flexibility index (Phi) is 8.43. The second-order valence-electron chi connectivity index (χ2n) is 10.9. The lowest BCUT2D eigenvalue weighted by molar-refractivity contribution is -0.207. The van der Waals surface area contributed by atoms with Gasteiger partial charge < -0.3 is 23.4 Å². The van der Waals surface area contributed by atoms with Crippen molar-refractivity contribution in [3.05, 3.63) is 22.5 Å². The molecule has 0 aromatic carbocycles. The van der Waals surface area contributed by atoms with Crippen molar-refractivity contribution in [3.8, 4) is 0 Å². The maximum Gasteiger partial charge on any atom is 0.348 e. The largest absolute Gasteiger partial charge is 0.456 e. The van der Waals surface area contributed by atoms with Crippen molar-refractivity contribution in [2.24, 2.45) is 0 Å². The molecule has 7 nitrogen and oxygen atoms in total. The van der Waals surface area contributed by atoms with E-state index in [9.17, 15) is 9.59 Å². The third-order valence-electron chi connectivity index (χ3n) is 6.69. The van der Waals surface area contributed by atoms with Gasteiger partial charge >= 0.3 is 5.97 Å². The third-order valence-corrected chi connectivity index (χ3v) is 11.2. The van der Waals surface area contributed by atoms with Gasteiger partial charge in [0.1, 0.15) is 11.3 Å². The lowest BCUT2D eigenvalue weighted by Gasteiger charge is -2.42. The Labute approximate surface area is 200 Å². The second-order valence-corrected chi connectivity index (χ2v) is 15.7. The number of carbonyl (C=O) groups is 2. The second kappa shape index (κ2) is 10.0. The fourth-order valence-electron chi connectivity index (χ4n) is 3.93. The molecule has 0 spiro atoms. The Morgan fingerprint density at radius 1 is 1.21 bits per heavy atom. The monoisotopic (exact) mass is 482 g/mol. The van der Waals surface area contributed by atoms with Crippen LogP contribution in [0.25, 0.3) is 0 Å². The molecular formula is C25H42O7Si. The molecule has 1 heterocycles. The third kappa shape index (κ3) is 6.56. The molecule has 0 saturated carbocycles. The van der Waals surface area contributed by atoms with Crippen LogP contribution >= 0.6 is 0 Å². The summed E-state index contributed by atoms with van der Waals surface area (Å²) in [5.74, 6) is -1.88. The smallest absolute Gasteiger partial charge is 0.348 e. The van der Waals surface area contributed by atoms with Crippen LogP contribution in [0.5, 0.6) is 0 Å². The molecule has 188 valence electrons. The average Bonchev–Trinajstić information content (AvgIpc) is 2.61. The van der Waals surface area contributed by atoms with E-state index in [1.165, 1.54) is 0 Å². The van der Waals surface area contributed by atoms with Crippen LogP contribution in [0, 0.1) is 0 Å². The Morgan fingerprint density at radius 2 is 1.82 bits per heavy atom. The molecule has 0 saturated heterocycles. The number of ketones is 1. The van der Waals surface area contributed by atoms with Crippen molar-refractivity contribution < 1.29 is 33.0 Å². The lowest BCUT2D eigenvalue weighted by atomic mass is 9.84. The highest BCUT2D eigenvalue weighted by molar-refractivity contribution is 6.74. The van der Waals surface area contributed by atoms with E-state index < -0.39 is 26.4 Å². The summed E-state index contributed by atoms with van der Waals surface area (Å²) in [4.78, 5) is 26.4. The standard InChI is InChI=1S/C25H42O7Si/c1-12-28-17(4)29-18-13-19(15(2)20(14-18)32-33(10,11)24(5,6)7)22(26)21-16(3)30-25(8,9)31-23(21)27/h17-18,20H,12-14H2,1-11H3/t17?,18-,20?/m1/s1. The van der Waals surface area contributed by atoms with E-state index >= 15 is 0 Å². The molecule has 3 atom stereocenters. The Balaban J connectivity index is 2.45. The zero-order chi connectivity index (χ0) is 25.4. The highest BCUT2D eigenvalue weighted by Gasteiger charge is 2.44. The first-order valence-corrected chi connectivity index (χ1v) is 14.7.